The van der Waals surface area contributed by atoms with E-state index in [9.17, 15) is 0 Å². The third kappa shape index (κ3) is 2.31. The zero-order valence-corrected chi connectivity index (χ0v) is 10.5. The average molecular weight is 252 g/mol. The molecule has 0 saturated carbocycles. The van der Waals surface area contributed by atoms with E-state index in [0.29, 0.717) is 16.6 Å². The Morgan fingerprint density at radius 2 is 2.12 bits per heavy atom. The molecule has 2 aromatic rings. The highest BCUT2D eigenvalue weighted by molar-refractivity contribution is 7.99. The van der Waals surface area contributed by atoms with Crippen LogP contribution in [-0.2, 0) is 7.05 Å². The summed E-state index contributed by atoms with van der Waals surface area (Å²) in [6, 6.07) is 0. The van der Waals surface area contributed by atoms with Crippen LogP contribution in [-0.4, -0.2) is 38.9 Å². The molecule has 0 bridgehead atoms. The van der Waals surface area contributed by atoms with Gasteiger partial charge in [0.25, 0.3) is 0 Å². The predicted molar refractivity (Wildman–Crippen MR) is 63.3 cm³/mol. The van der Waals surface area contributed by atoms with Crippen molar-refractivity contribution < 1.29 is 4.74 Å². The smallest absolute Gasteiger partial charge is 0.194 e. The van der Waals surface area contributed by atoms with Crippen molar-refractivity contribution in [2.75, 3.05) is 19.5 Å². The largest absolute Gasteiger partial charge is 0.490 e. The van der Waals surface area contributed by atoms with Gasteiger partial charge < -0.3 is 10.1 Å². The Balaban J connectivity index is 2.36. The molecule has 2 aromatic heterocycles. The molecule has 7 nitrogen and oxygen atoms in total. The molecule has 0 radical (unpaired) electrons. The first-order chi connectivity index (χ1) is 8.26. The molecule has 0 aromatic carbocycles. The van der Waals surface area contributed by atoms with E-state index >= 15 is 0 Å². The number of nitrogens with one attached hydrogen (secondary N) is 1. The summed E-state index contributed by atoms with van der Waals surface area (Å²) in [7, 11) is 5.18. The summed E-state index contributed by atoms with van der Waals surface area (Å²) < 4.78 is 6.96. The fraction of sp³-hybridized carbons (Fsp3) is 0.333. The molecule has 0 aliphatic rings. The molecule has 90 valence electrons. The maximum absolute atomic E-state index is 5.29. The number of nitrogens with zero attached hydrogens (tertiary/aromatic N) is 5. The van der Waals surface area contributed by atoms with Gasteiger partial charge in [0.2, 0.25) is 0 Å². The molecule has 0 aliphatic heterocycles. The van der Waals surface area contributed by atoms with Gasteiger partial charge in [-0.15, -0.1) is 0 Å². The first-order valence-electron chi connectivity index (χ1n) is 4.85. The van der Waals surface area contributed by atoms with E-state index in [0.717, 1.165) is 5.16 Å². The van der Waals surface area contributed by atoms with Crippen LogP contribution in [0.1, 0.15) is 0 Å². The first kappa shape index (κ1) is 11.6. The van der Waals surface area contributed by atoms with Crippen molar-refractivity contribution in [3.63, 3.8) is 0 Å². The Hall–Kier alpha value is -1.83. The van der Waals surface area contributed by atoms with Gasteiger partial charge in [0.1, 0.15) is 12.7 Å². The molecule has 1 N–H and O–H groups in total. The number of methoxy groups -OCH3 is 1. The standard InChI is InChI=1S/C9H12N6OS/c1-10-7-6(16-3)8(12-4-11-7)17-9-13-5-14-15(9)2/h4-5H,1-3H3,(H,10,11,12). The molecule has 2 heterocycles. The molecule has 0 aliphatic carbocycles. The summed E-state index contributed by atoms with van der Waals surface area (Å²) in [6.07, 6.45) is 2.97. The van der Waals surface area contributed by atoms with Gasteiger partial charge in [-0.25, -0.2) is 19.6 Å². The lowest BCUT2D eigenvalue weighted by Crippen LogP contribution is -2.01. The second-order valence-corrected chi connectivity index (χ2v) is 4.03. The Kier molecular flexibility index (Phi) is 3.43. The second-order valence-electron chi connectivity index (χ2n) is 3.08. The Bertz CT molecular complexity index is 514. The number of rotatable bonds is 4. The lowest BCUT2D eigenvalue weighted by molar-refractivity contribution is 0.400. The van der Waals surface area contributed by atoms with Crippen LogP contribution in [0.15, 0.2) is 22.8 Å². The van der Waals surface area contributed by atoms with Crippen LogP contribution in [0.2, 0.25) is 0 Å². The summed E-state index contributed by atoms with van der Waals surface area (Å²) in [4.78, 5) is 12.4. The third-order valence-corrected chi connectivity index (χ3v) is 3.11. The van der Waals surface area contributed by atoms with Crippen molar-refractivity contribution in [1.29, 1.82) is 0 Å². The van der Waals surface area contributed by atoms with E-state index in [1.165, 1.54) is 24.4 Å². The zero-order valence-electron chi connectivity index (χ0n) is 9.71. The predicted octanol–water partition coefficient (Wildman–Crippen LogP) is 0.807. The van der Waals surface area contributed by atoms with Gasteiger partial charge in [0.15, 0.2) is 21.7 Å². The molecule has 8 heteroatoms. The highest BCUT2D eigenvalue weighted by atomic mass is 32.2. The zero-order chi connectivity index (χ0) is 12.3. The highest BCUT2D eigenvalue weighted by Gasteiger charge is 2.14. The van der Waals surface area contributed by atoms with E-state index in [1.54, 1.807) is 18.8 Å². The Morgan fingerprint density at radius 3 is 2.71 bits per heavy atom. The molecule has 2 rings (SSSR count). The Labute approximate surface area is 103 Å². The van der Waals surface area contributed by atoms with Crippen molar-refractivity contribution in [3.05, 3.63) is 12.7 Å². The maximum atomic E-state index is 5.29. The van der Waals surface area contributed by atoms with Crippen molar-refractivity contribution in [1.82, 2.24) is 24.7 Å². The summed E-state index contributed by atoms with van der Waals surface area (Å²) in [5.74, 6) is 1.25. The normalized spacial score (nSPS) is 10.3. The molecule has 0 saturated heterocycles. The number of hydrogen-bond acceptors (Lipinski definition) is 7. The van der Waals surface area contributed by atoms with E-state index in [4.69, 9.17) is 4.74 Å². The van der Waals surface area contributed by atoms with Crippen molar-refractivity contribution in [2.24, 2.45) is 7.05 Å². The van der Waals surface area contributed by atoms with Crippen molar-refractivity contribution in [3.8, 4) is 5.75 Å². The van der Waals surface area contributed by atoms with Crippen LogP contribution in [0.5, 0.6) is 5.75 Å². The van der Waals surface area contributed by atoms with Crippen LogP contribution in [0.25, 0.3) is 0 Å². The summed E-state index contributed by atoms with van der Waals surface area (Å²) >= 11 is 1.37. The minimum atomic E-state index is 0.600. The SMILES string of the molecule is CNc1ncnc(Sc2ncnn2C)c1OC. The molecule has 0 amide bonds. The molecular formula is C9H12N6OS. The Morgan fingerprint density at radius 1 is 1.29 bits per heavy atom. The molecular weight excluding hydrogens is 240 g/mol. The number of anilines is 1. The van der Waals surface area contributed by atoms with Gasteiger partial charge in [-0.3, -0.25) is 0 Å². The number of aryl methyl sites for hydroxylation is 1. The lowest BCUT2D eigenvalue weighted by Gasteiger charge is -2.09. The fourth-order valence-corrected chi connectivity index (χ4v) is 2.08. The van der Waals surface area contributed by atoms with Gasteiger partial charge in [0.05, 0.1) is 7.11 Å². The minimum absolute atomic E-state index is 0.600. The molecule has 0 fully saturated rings. The van der Waals surface area contributed by atoms with Gasteiger partial charge in [-0.2, -0.15) is 5.10 Å². The van der Waals surface area contributed by atoms with Crippen LogP contribution >= 0.6 is 11.8 Å². The van der Waals surface area contributed by atoms with Crippen LogP contribution < -0.4 is 10.1 Å². The average Bonchev–Trinajstić information content (AvgIpc) is 2.74. The van der Waals surface area contributed by atoms with E-state index in [-0.39, 0.29) is 0 Å². The van der Waals surface area contributed by atoms with Crippen molar-refractivity contribution >= 4 is 17.6 Å². The highest BCUT2D eigenvalue weighted by Crippen LogP contribution is 2.35. The summed E-state index contributed by atoms with van der Waals surface area (Å²) in [5.41, 5.74) is 0. The monoisotopic (exact) mass is 252 g/mol. The maximum Gasteiger partial charge on any atom is 0.194 e. The minimum Gasteiger partial charge on any atom is -0.490 e. The van der Waals surface area contributed by atoms with Crippen LogP contribution in [0.3, 0.4) is 0 Å². The third-order valence-electron chi connectivity index (χ3n) is 2.07. The lowest BCUT2D eigenvalue weighted by atomic mass is 10.5. The molecule has 17 heavy (non-hydrogen) atoms. The summed E-state index contributed by atoms with van der Waals surface area (Å²) in [6.45, 7) is 0. The van der Waals surface area contributed by atoms with Gasteiger partial charge in [-0.05, 0) is 11.8 Å². The number of aromatic nitrogens is 5. The van der Waals surface area contributed by atoms with E-state index < -0.39 is 0 Å². The molecule has 0 spiro atoms. The number of ether oxygens (including phenoxy) is 1. The van der Waals surface area contributed by atoms with Gasteiger partial charge in [-0.1, -0.05) is 0 Å². The van der Waals surface area contributed by atoms with Crippen molar-refractivity contribution in [2.45, 2.75) is 10.2 Å². The van der Waals surface area contributed by atoms with Crippen LogP contribution in [0, 0.1) is 0 Å². The van der Waals surface area contributed by atoms with E-state index in [1.807, 2.05) is 7.05 Å². The van der Waals surface area contributed by atoms with E-state index in [2.05, 4.69) is 25.4 Å². The van der Waals surface area contributed by atoms with Crippen LogP contribution in [0.4, 0.5) is 5.82 Å². The topological polar surface area (TPSA) is 77.8 Å². The number of hydrogen-bond donors (Lipinski definition) is 1. The first-order valence-corrected chi connectivity index (χ1v) is 5.66. The fourth-order valence-electron chi connectivity index (χ4n) is 1.26. The quantitative estimate of drug-likeness (QED) is 0.806. The second kappa shape index (κ2) is 5.00. The van der Waals surface area contributed by atoms with Gasteiger partial charge in [0, 0.05) is 14.1 Å². The molecule has 0 unspecified atom stereocenters. The summed E-state index contributed by atoms with van der Waals surface area (Å²) in [5, 5.41) is 8.38. The van der Waals surface area contributed by atoms with Gasteiger partial charge >= 0.3 is 0 Å². The molecule has 0 atom stereocenters.